The molecule has 34 heavy (non-hydrogen) atoms. The number of hydrogen-bond acceptors (Lipinski definition) is 0. The number of rotatable bonds is 0. The summed E-state index contributed by atoms with van der Waals surface area (Å²) < 4.78 is 5.11. The molecule has 0 radical (unpaired) electrons. The average Bonchev–Trinajstić information content (AvgIpc) is 3.09. The van der Waals surface area contributed by atoms with Gasteiger partial charge in [0.1, 0.15) is 0 Å². The van der Waals surface area contributed by atoms with E-state index in [4.69, 9.17) is 0 Å². The van der Waals surface area contributed by atoms with E-state index in [9.17, 15) is 0 Å². The average molecular weight is 441 g/mol. The summed E-state index contributed by atoms with van der Waals surface area (Å²) in [5, 5.41) is 2.65. The molecular formula is C32H28N2+2. The van der Waals surface area contributed by atoms with E-state index < -0.39 is 0 Å². The van der Waals surface area contributed by atoms with Gasteiger partial charge in [-0.3, -0.25) is 0 Å². The minimum absolute atomic E-state index is 0.0760. The van der Waals surface area contributed by atoms with Gasteiger partial charge in [-0.2, -0.15) is 9.13 Å². The van der Waals surface area contributed by atoms with Gasteiger partial charge >= 0.3 is 0 Å². The Labute approximate surface area is 200 Å². The van der Waals surface area contributed by atoms with Gasteiger partial charge in [0.05, 0.1) is 16.4 Å². The van der Waals surface area contributed by atoms with E-state index in [1.165, 1.54) is 50.1 Å². The Morgan fingerprint density at radius 1 is 0.647 bits per heavy atom. The Balaban J connectivity index is 1.51. The van der Waals surface area contributed by atoms with Crippen LogP contribution in [0.4, 0.5) is 0 Å². The Morgan fingerprint density at radius 3 is 2.21 bits per heavy atom. The minimum Gasteiger partial charge on any atom is -0.197 e. The fourth-order valence-corrected chi connectivity index (χ4v) is 6.45. The summed E-state index contributed by atoms with van der Waals surface area (Å²) in [6.07, 6.45) is 4.45. The van der Waals surface area contributed by atoms with E-state index in [-0.39, 0.29) is 5.41 Å². The predicted molar refractivity (Wildman–Crippen MR) is 136 cm³/mol. The summed E-state index contributed by atoms with van der Waals surface area (Å²) in [6, 6.07) is 36.0. The zero-order chi connectivity index (χ0) is 22.7. The first kappa shape index (κ1) is 19.7. The molecule has 0 saturated heterocycles. The van der Waals surface area contributed by atoms with Crippen LogP contribution in [0.25, 0.3) is 33.3 Å². The molecule has 1 spiro atoms. The zero-order valence-electron chi connectivity index (χ0n) is 19.5. The number of benzene rings is 3. The molecule has 0 fully saturated rings. The highest BCUT2D eigenvalue weighted by Gasteiger charge is 2.46. The van der Waals surface area contributed by atoms with Crippen molar-refractivity contribution < 1.29 is 9.13 Å². The monoisotopic (exact) mass is 440 g/mol. The molecule has 3 aromatic carbocycles. The molecule has 2 heteroatoms. The van der Waals surface area contributed by atoms with Crippen LogP contribution in [-0.2, 0) is 25.9 Å². The number of nitrogens with zero attached hydrogens (tertiary/aromatic N) is 2. The first-order chi connectivity index (χ1) is 16.7. The third kappa shape index (κ3) is 2.95. The number of hydrogen-bond donors (Lipinski definition) is 0. The Bertz CT molecular complexity index is 1580. The molecule has 0 amide bonds. The van der Waals surface area contributed by atoms with Gasteiger partial charge < -0.3 is 0 Å². The molecule has 0 N–H and O–H groups in total. The van der Waals surface area contributed by atoms with Gasteiger partial charge in [0.15, 0.2) is 25.0 Å². The standard InChI is InChI=1S/C32H28N2/c1-23-9-8-16-30-27-13-5-3-11-25(27)19-32(22-34(23)30)20-26-12-4-7-15-29(26)31-28-14-6-2-10-24(28)17-18-33(31)21-32/h2-18H,19-22H2,1H3/q+2. The summed E-state index contributed by atoms with van der Waals surface area (Å²) >= 11 is 0. The lowest BCUT2D eigenvalue weighted by Gasteiger charge is -2.26. The van der Waals surface area contributed by atoms with Crippen LogP contribution in [0.3, 0.4) is 0 Å². The Hall–Kier alpha value is -3.78. The summed E-state index contributed by atoms with van der Waals surface area (Å²) in [4.78, 5) is 0. The molecule has 0 saturated carbocycles. The minimum atomic E-state index is 0.0760. The number of aromatic nitrogens is 2. The summed E-state index contributed by atoms with van der Waals surface area (Å²) in [5.41, 5.74) is 9.78. The molecule has 0 aliphatic carbocycles. The lowest BCUT2D eigenvalue weighted by molar-refractivity contribution is -0.740. The third-order valence-electron chi connectivity index (χ3n) is 7.94. The number of aryl methyl sites for hydroxylation is 1. The van der Waals surface area contributed by atoms with Crippen LogP contribution >= 0.6 is 0 Å². The van der Waals surface area contributed by atoms with Crippen molar-refractivity contribution in [3.63, 3.8) is 0 Å². The highest BCUT2D eigenvalue weighted by atomic mass is 15.0. The zero-order valence-corrected chi connectivity index (χ0v) is 19.5. The highest BCUT2D eigenvalue weighted by Crippen LogP contribution is 2.41. The van der Waals surface area contributed by atoms with Crippen LogP contribution in [0.5, 0.6) is 0 Å². The molecule has 2 aliphatic rings. The van der Waals surface area contributed by atoms with Crippen molar-refractivity contribution in [2.75, 3.05) is 0 Å². The normalized spacial score (nSPS) is 18.4. The first-order valence-corrected chi connectivity index (χ1v) is 12.3. The lowest BCUT2D eigenvalue weighted by atomic mass is 9.76. The van der Waals surface area contributed by atoms with Crippen molar-refractivity contribution in [3.05, 3.63) is 120 Å². The van der Waals surface area contributed by atoms with Crippen LogP contribution in [0.2, 0.25) is 0 Å². The highest BCUT2D eigenvalue weighted by molar-refractivity contribution is 5.93. The Kier molecular flexibility index (Phi) is 4.26. The fraction of sp³-hybridized carbons (Fsp3) is 0.188. The van der Waals surface area contributed by atoms with Crippen molar-refractivity contribution in [1.82, 2.24) is 0 Å². The number of fused-ring (bicyclic) bond motifs is 8. The van der Waals surface area contributed by atoms with Crippen molar-refractivity contribution in [3.8, 4) is 22.5 Å². The number of pyridine rings is 2. The molecule has 1 atom stereocenters. The molecule has 2 nitrogen and oxygen atoms in total. The van der Waals surface area contributed by atoms with Crippen LogP contribution in [0.15, 0.2) is 103 Å². The molecule has 0 bridgehead atoms. The third-order valence-corrected chi connectivity index (χ3v) is 7.94. The second kappa shape index (κ2) is 7.36. The van der Waals surface area contributed by atoms with E-state index in [1.54, 1.807) is 0 Å². The van der Waals surface area contributed by atoms with Crippen molar-refractivity contribution >= 4 is 10.8 Å². The topological polar surface area (TPSA) is 7.76 Å². The smallest absolute Gasteiger partial charge is 0.197 e. The maximum atomic E-state index is 2.57. The van der Waals surface area contributed by atoms with Crippen LogP contribution < -0.4 is 9.13 Å². The van der Waals surface area contributed by atoms with E-state index >= 15 is 0 Å². The van der Waals surface area contributed by atoms with Gasteiger partial charge in [-0.15, -0.1) is 0 Å². The van der Waals surface area contributed by atoms with E-state index in [0.717, 1.165) is 25.9 Å². The van der Waals surface area contributed by atoms with E-state index in [1.807, 2.05) is 0 Å². The van der Waals surface area contributed by atoms with Gasteiger partial charge in [-0.1, -0.05) is 54.6 Å². The molecule has 164 valence electrons. The summed E-state index contributed by atoms with van der Waals surface area (Å²) in [5.74, 6) is 0. The molecule has 2 aliphatic heterocycles. The molecule has 5 aromatic rings. The van der Waals surface area contributed by atoms with Gasteiger partial charge in [-0.05, 0) is 53.6 Å². The van der Waals surface area contributed by atoms with Crippen LogP contribution in [0, 0.1) is 12.3 Å². The maximum Gasteiger partial charge on any atom is 0.220 e. The van der Waals surface area contributed by atoms with Crippen molar-refractivity contribution in [2.24, 2.45) is 5.41 Å². The molecular weight excluding hydrogens is 412 g/mol. The maximum absolute atomic E-state index is 2.57. The molecule has 7 rings (SSSR count). The second-order valence-corrected chi connectivity index (χ2v) is 10.2. The molecule has 2 aromatic heterocycles. The summed E-state index contributed by atoms with van der Waals surface area (Å²) in [6.45, 7) is 4.26. The quantitative estimate of drug-likeness (QED) is 0.267. The largest absolute Gasteiger partial charge is 0.220 e. The van der Waals surface area contributed by atoms with Crippen molar-refractivity contribution in [2.45, 2.75) is 32.9 Å². The first-order valence-electron chi connectivity index (χ1n) is 12.3. The van der Waals surface area contributed by atoms with Crippen molar-refractivity contribution in [1.29, 1.82) is 0 Å². The predicted octanol–water partition coefficient (Wildman–Crippen LogP) is 5.86. The van der Waals surface area contributed by atoms with E-state index in [2.05, 4.69) is 119 Å². The van der Waals surface area contributed by atoms with Crippen LogP contribution in [0.1, 0.15) is 16.8 Å². The van der Waals surface area contributed by atoms with Gasteiger partial charge in [-0.25, -0.2) is 0 Å². The summed E-state index contributed by atoms with van der Waals surface area (Å²) in [7, 11) is 0. The Morgan fingerprint density at radius 2 is 1.35 bits per heavy atom. The van der Waals surface area contributed by atoms with Gasteiger partial charge in [0.2, 0.25) is 11.4 Å². The SMILES string of the molecule is Cc1cccc2[n+]1CC1(Cc3ccccc3-c3c4ccccc4cc[n+]3C1)Cc1ccccc1-2. The fourth-order valence-electron chi connectivity index (χ4n) is 6.45. The molecule has 1 unspecified atom stereocenters. The van der Waals surface area contributed by atoms with Crippen LogP contribution in [-0.4, -0.2) is 0 Å². The van der Waals surface area contributed by atoms with Gasteiger partial charge in [0, 0.05) is 30.7 Å². The van der Waals surface area contributed by atoms with E-state index in [0.29, 0.717) is 0 Å². The van der Waals surface area contributed by atoms with Gasteiger partial charge in [0.25, 0.3) is 0 Å². The lowest BCUT2D eigenvalue weighted by Crippen LogP contribution is -2.53. The second-order valence-electron chi connectivity index (χ2n) is 10.2. The molecule has 4 heterocycles.